The summed E-state index contributed by atoms with van der Waals surface area (Å²) in [4.78, 5) is 18.4. The van der Waals surface area contributed by atoms with Gasteiger partial charge in [0.25, 0.3) is 0 Å². The van der Waals surface area contributed by atoms with Crippen LogP contribution in [0.4, 0.5) is 0 Å². The number of methoxy groups -OCH3 is 1. The largest absolute Gasteiger partial charge is 0.497 e. The molecule has 1 aromatic heterocycles. The lowest BCUT2D eigenvalue weighted by atomic mass is 9.34. The van der Waals surface area contributed by atoms with Gasteiger partial charge in [0.05, 0.1) is 45.0 Å². The van der Waals surface area contributed by atoms with Gasteiger partial charge in [0.15, 0.2) is 5.82 Å². The normalized spacial score (nSPS) is 40.6. The summed E-state index contributed by atoms with van der Waals surface area (Å²) in [5, 5.41) is 16.1. The van der Waals surface area contributed by atoms with E-state index in [2.05, 4.69) is 92.1 Å². The van der Waals surface area contributed by atoms with E-state index in [1.807, 2.05) is 12.1 Å². The van der Waals surface area contributed by atoms with Crippen LogP contribution in [0.3, 0.4) is 0 Å². The van der Waals surface area contributed by atoms with Gasteiger partial charge in [0.1, 0.15) is 12.1 Å². The molecule has 298 valence electrons. The third-order valence-electron chi connectivity index (χ3n) is 17.2. The third kappa shape index (κ3) is 5.59. The molecule has 9 heteroatoms. The van der Waals surface area contributed by atoms with Crippen LogP contribution in [0.25, 0.3) is 11.4 Å². The van der Waals surface area contributed by atoms with Crippen molar-refractivity contribution in [3.05, 3.63) is 42.2 Å². The van der Waals surface area contributed by atoms with Gasteiger partial charge < -0.3 is 25.1 Å². The van der Waals surface area contributed by atoms with Crippen LogP contribution >= 0.6 is 0 Å². The minimum Gasteiger partial charge on any atom is -0.497 e. The number of rotatable bonds is 10. The summed E-state index contributed by atoms with van der Waals surface area (Å²) in [6, 6.07) is 7.94. The molecule has 0 unspecified atom stereocenters. The van der Waals surface area contributed by atoms with Gasteiger partial charge in [0, 0.05) is 21.9 Å². The number of ether oxygens (including phenoxy) is 3. The molecule has 1 aromatic carbocycles. The molecular formula is C45H68N4O5. The Labute approximate surface area is 324 Å². The molecule has 0 radical (unpaired) electrons. The van der Waals surface area contributed by atoms with Gasteiger partial charge >= 0.3 is 5.97 Å². The molecule has 12 atom stereocenters. The molecule has 1 saturated heterocycles. The van der Waals surface area contributed by atoms with Gasteiger partial charge in [-0.15, -0.1) is 0 Å². The lowest BCUT2D eigenvalue weighted by Gasteiger charge is -2.71. The summed E-state index contributed by atoms with van der Waals surface area (Å²) in [5.74, 6) is 2.14. The fourth-order valence-corrected chi connectivity index (χ4v) is 13.0. The Morgan fingerprint density at radius 1 is 1.06 bits per heavy atom. The van der Waals surface area contributed by atoms with Crippen molar-refractivity contribution in [1.29, 1.82) is 0 Å². The van der Waals surface area contributed by atoms with Crippen LogP contribution in [-0.4, -0.2) is 64.4 Å². The fraction of sp³-hybridized carbons (Fsp3) is 0.756. The fourth-order valence-electron chi connectivity index (χ4n) is 13.0. The van der Waals surface area contributed by atoms with Crippen LogP contribution in [0.2, 0.25) is 0 Å². The molecular weight excluding hydrogens is 677 g/mol. The van der Waals surface area contributed by atoms with Gasteiger partial charge in [-0.3, -0.25) is 4.79 Å². The van der Waals surface area contributed by atoms with E-state index < -0.39 is 17.4 Å². The SMILES string of the molecule is COc1ccc(-c2ncnn2[C@@H]2C[C@@]34COC[C@](C)([C@@H]3CC[C@H]3C4=CC[C@@]4(C)[C@H](C(=O)O)[C@@](C)([C@H](C)C(C)C)CC[C@]34C)[C@H]2OC[C@](C)(N)C(C)C)cc1. The first-order valence-electron chi connectivity index (χ1n) is 20.8. The zero-order chi connectivity index (χ0) is 39.2. The Kier molecular flexibility index (Phi) is 9.82. The van der Waals surface area contributed by atoms with Crippen molar-refractivity contribution in [2.75, 3.05) is 26.9 Å². The molecule has 9 nitrogen and oxygen atoms in total. The molecule has 1 aliphatic heterocycles. The first-order chi connectivity index (χ1) is 25.3. The van der Waals surface area contributed by atoms with Gasteiger partial charge in [-0.2, -0.15) is 5.10 Å². The Bertz CT molecular complexity index is 1750. The molecule has 7 rings (SSSR count). The van der Waals surface area contributed by atoms with E-state index in [-0.39, 0.29) is 51.1 Å². The zero-order valence-corrected chi connectivity index (χ0v) is 34.9. The number of carbonyl (C=O) groups is 1. The average Bonchev–Trinajstić information content (AvgIpc) is 3.61. The van der Waals surface area contributed by atoms with E-state index in [9.17, 15) is 9.90 Å². The Balaban J connectivity index is 1.35. The molecule has 3 saturated carbocycles. The quantitative estimate of drug-likeness (QED) is 0.232. The van der Waals surface area contributed by atoms with E-state index in [1.54, 1.807) is 13.4 Å². The number of benzene rings is 1. The van der Waals surface area contributed by atoms with Crippen molar-refractivity contribution >= 4 is 5.97 Å². The summed E-state index contributed by atoms with van der Waals surface area (Å²) in [7, 11) is 1.68. The number of aromatic nitrogens is 3. The minimum atomic E-state index is -0.626. The van der Waals surface area contributed by atoms with Gasteiger partial charge in [-0.1, -0.05) is 74.0 Å². The number of nitrogens with zero attached hydrogens (tertiary/aromatic N) is 3. The Hall–Kier alpha value is -2.75. The third-order valence-corrected chi connectivity index (χ3v) is 17.2. The Morgan fingerprint density at radius 3 is 2.39 bits per heavy atom. The monoisotopic (exact) mass is 745 g/mol. The highest BCUT2D eigenvalue weighted by Gasteiger charge is 2.72. The molecule has 5 aliphatic rings. The number of nitrogens with two attached hydrogens (primary N) is 1. The summed E-state index contributed by atoms with van der Waals surface area (Å²) in [6.07, 6.45) is 9.65. The van der Waals surface area contributed by atoms with Crippen LogP contribution < -0.4 is 10.5 Å². The van der Waals surface area contributed by atoms with Gasteiger partial charge in [-0.05, 0) is 116 Å². The molecule has 4 aliphatic carbocycles. The maximum Gasteiger partial charge on any atom is 0.307 e. The highest BCUT2D eigenvalue weighted by atomic mass is 16.5. The highest BCUT2D eigenvalue weighted by molar-refractivity contribution is 5.73. The number of carboxylic acid groups (broad SMARTS) is 1. The van der Waals surface area contributed by atoms with E-state index in [0.29, 0.717) is 37.6 Å². The zero-order valence-electron chi connectivity index (χ0n) is 34.9. The maximum absolute atomic E-state index is 13.6. The second-order valence-electron chi connectivity index (χ2n) is 20.3. The van der Waals surface area contributed by atoms with Crippen LogP contribution in [-0.2, 0) is 14.3 Å². The maximum atomic E-state index is 13.6. The number of carboxylic acids is 1. The summed E-state index contributed by atoms with van der Waals surface area (Å²) < 4.78 is 21.6. The number of allylic oxidation sites excluding steroid dienone is 1. The summed E-state index contributed by atoms with van der Waals surface area (Å²) >= 11 is 0. The van der Waals surface area contributed by atoms with Gasteiger partial charge in [0.2, 0.25) is 0 Å². The second-order valence-corrected chi connectivity index (χ2v) is 20.3. The van der Waals surface area contributed by atoms with Crippen LogP contribution in [0.5, 0.6) is 5.75 Å². The molecule has 0 spiro atoms. The van der Waals surface area contributed by atoms with E-state index in [4.69, 9.17) is 30.0 Å². The smallest absolute Gasteiger partial charge is 0.307 e. The standard InChI is InChI=1S/C45H68N4O5/c1-27(2)29(5)40(6)20-21-42(8)32-16-17-35-41(7)23-53-25-45(35,33(32)18-19-43(42,9)36(40)39(50)51)22-34(37(41)54-24-44(10,46)28(3)4)49-38(47-26-48-49)30-12-14-31(52-11)15-13-30/h12-15,18,26-29,32,34-37H,16-17,19-25,46H2,1-11H3,(H,50,51)/t29-,32+,34-,35+,36-,37+,40-,41-,42-,43+,44+,45+/m1/s1. The topological polar surface area (TPSA) is 122 Å². The summed E-state index contributed by atoms with van der Waals surface area (Å²) in [6.45, 7) is 24.4. The first-order valence-corrected chi connectivity index (χ1v) is 20.8. The number of aliphatic carboxylic acids is 1. The average molecular weight is 745 g/mol. The van der Waals surface area contributed by atoms with Crippen molar-refractivity contribution in [2.45, 2.75) is 125 Å². The molecule has 3 N–H and O–H groups in total. The van der Waals surface area contributed by atoms with Gasteiger partial charge in [-0.25, -0.2) is 9.67 Å². The number of hydrogen-bond donors (Lipinski definition) is 2. The lowest BCUT2D eigenvalue weighted by Crippen LogP contribution is -2.69. The Morgan fingerprint density at radius 2 is 1.76 bits per heavy atom. The number of fused-ring (bicyclic) bond motifs is 3. The van der Waals surface area contributed by atoms with E-state index >= 15 is 0 Å². The van der Waals surface area contributed by atoms with Crippen LogP contribution in [0, 0.1) is 62.6 Å². The van der Waals surface area contributed by atoms with Crippen molar-refractivity contribution in [3.63, 3.8) is 0 Å². The molecule has 2 aromatic rings. The predicted octanol–water partition coefficient (Wildman–Crippen LogP) is 8.84. The molecule has 4 fully saturated rings. The summed E-state index contributed by atoms with van der Waals surface area (Å²) in [5.41, 5.74) is 7.53. The van der Waals surface area contributed by atoms with Crippen molar-refractivity contribution in [3.8, 4) is 17.1 Å². The van der Waals surface area contributed by atoms with E-state index in [0.717, 1.165) is 55.7 Å². The van der Waals surface area contributed by atoms with Crippen LogP contribution in [0.15, 0.2) is 42.2 Å². The minimum absolute atomic E-state index is 0.119. The van der Waals surface area contributed by atoms with Crippen molar-refractivity contribution < 1.29 is 24.1 Å². The second kappa shape index (κ2) is 13.4. The predicted molar refractivity (Wildman–Crippen MR) is 212 cm³/mol. The molecule has 2 heterocycles. The molecule has 54 heavy (non-hydrogen) atoms. The van der Waals surface area contributed by atoms with E-state index in [1.165, 1.54) is 5.57 Å². The molecule has 2 bridgehead atoms. The molecule has 0 amide bonds. The van der Waals surface area contributed by atoms with Crippen molar-refractivity contribution in [2.24, 2.45) is 68.3 Å². The van der Waals surface area contributed by atoms with Crippen LogP contribution in [0.1, 0.15) is 114 Å². The lowest BCUT2D eigenvalue weighted by molar-refractivity contribution is -0.252. The number of hydrogen-bond acceptors (Lipinski definition) is 7. The van der Waals surface area contributed by atoms with Crippen molar-refractivity contribution in [1.82, 2.24) is 14.8 Å². The highest BCUT2D eigenvalue weighted by Crippen LogP contribution is 2.75. The first kappa shape index (κ1) is 39.5.